The van der Waals surface area contributed by atoms with Gasteiger partial charge in [-0.25, -0.2) is 31.9 Å². The number of halogens is 3. The summed E-state index contributed by atoms with van der Waals surface area (Å²) in [5.41, 5.74) is 2.40. The van der Waals surface area contributed by atoms with Crippen molar-refractivity contribution in [3.63, 3.8) is 0 Å². The molecule has 1 aromatic carbocycles. The maximum Gasteiger partial charge on any atom is 0.267 e. The largest absolute Gasteiger partial charge is 0.355 e. The van der Waals surface area contributed by atoms with Gasteiger partial charge in [-0.3, -0.25) is 24.0 Å². The van der Waals surface area contributed by atoms with Gasteiger partial charge in [0.25, 0.3) is 17.4 Å². The Morgan fingerprint density at radius 1 is 1.14 bits per heavy atom. The molecule has 3 aliphatic rings. The summed E-state index contributed by atoms with van der Waals surface area (Å²) >= 11 is 7.73. The fourth-order valence-corrected chi connectivity index (χ4v) is 10.8. The van der Waals surface area contributed by atoms with E-state index in [2.05, 4.69) is 42.5 Å². The van der Waals surface area contributed by atoms with Gasteiger partial charge in [0.15, 0.2) is 0 Å². The lowest BCUT2D eigenvalue weighted by Crippen LogP contribution is -2.55. The van der Waals surface area contributed by atoms with E-state index in [1.54, 1.807) is 42.8 Å². The van der Waals surface area contributed by atoms with E-state index in [4.69, 9.17) is 11.6 Å². The van der Waals surface area contributed by atoms with Crippen molar-refractivity contribution in [1.29, 1.82) is 5.26 Å². The molecule has 58 heavy (non-hydrogen) atoms. The van der Waals surface area contributed by atoms with Crippen LogP contribution in [0.2, 0.25) is 5.02 Å². The number of anilines is 1. The summed E-state index contributed by atoms with van der Waals surface area (Å²) in [6, 6.07) is 9.08. The van der Waals surface area contributed by atoms with Crippen molar-refractivity contribution in [2.75, 3.05) is 30.8 Å². The number of hydrogen-bond acceptors (Lipinski definition) is 11. The lowest BCUT2D eigenvalue weighted by Gasteiger charge is -2.46. The minimum Gasteiger partial charge on any atom is -0.355 e. The molecule has 3 fully saturated rings. The summed E-state index contributed by atoms with van der Waals surface area (Å²) in [5, 5.41) is 12.5. The molecule has 12 nitrogen and oxygen atoms in total. The normalized spacial score (nSPS) is 17.6. The summed E-state index contributed by atoms with van der Waals surface area (Å²) in [7, 11) is -1.97. The number of nitrogens with one attached hydrogen (secondary N) is 1. The third-order valence-electron chi connectivity index (χ3n) is 11.6. The highest BCUT2D eigenvalue weighted by atomic mass is 35.5. The number of rotatable bonds is 9. The molecule has 2 saturated carbocycles. The lowest BCUT2D eigenvalue weighted by molar-refractivity contribution is -0.127. The van der Waals surface area contributed by atoms with Crippen LogP contribution in [-0.4, -0.2) is 82.6 Å². The number of piperidine rings is 1. The van der Waals surface area contributed by atoms with E-state index < -0.39 is 27.4 Å². The Morgan fingerprint density at radius 2 is 1.90 bits per heavy atom. The molecule has 0 spiro atoms. The second kappa shape index (κ2) is 15.6. The number of fused-ring (bicyclic) bond motifs is 2. The number of benzene rings is 1. The Morgan fingerprint density at radius 3 is 2.59 bits per heavy atom. The third-order valence-corrected chi connectivity index (χ3v) is 14.3. The summed E-state index contributed by atoms with van der Waals surface area (Å²) in [6.07, 6.45) is 6.90. The molecule has 5 aromatic rings. The third kappa shape index (κ3) is 7.78. The Bertz CT molecular complexity index is 2740. The van der Waals surface area contributed by atoms with Gasteiger partial charge in [0.1, 0.15) is 23.3 Å². The van der Waals surface area contributed by atoms with Crippen LogP contribution in [0.5, 0.6) is 0 Å². The molecule has 0 bridgehead atoms. The monoisotopic (exact) mass is 844 g/mol. The zero-order valence-corrected chi connectivity index (χ0v) is 34.2. The van der Waals surface area contributed by atoms with E-state index in [1.807, 2.05) is 11.9 Å². The summed E-state index contributed by atoms with van der Waals surface area (Å²) in [4.78, 5) is 44.9. The van der Waals surface area contributed by atoms with Crippen molar-refractivity contribution in [3.8, 4) is 29.0 Å². The van der Waals surface area contributed by atoms with E-state index in [1.165, 1.54) is 22.1 Å². The smallest absolute Gasteiger partial charge is 0.267 e. The van der Waals surface area contributed by atoms with E-state index in [-0.39, 0.29) is 59.7 Å². The van der Waals surface area contributed by atoms with E-state index in [0.29, 0.717) is 75.0 Å². The number of hydrogen-bond donors (Lipinski definition) is 1. The molecule has 1 saturated heterocycles. The first kappa shape index (κ1) is 39.8. The van der Waals surface area contributed by atoms with Crippen LogP contribution >= 0.6 is 22.9 Å². The van der Waals surface area contributed by atoms with Crippen molar-refractivity contribution in [2.24, 2.45) is 5.92 Å². The molecule has 1 aliphatic heterocycles. The van der Waals surface area contributed by atoms with Crippen molar-refractivity contribution in [3.05, 3.63) is 79.9 Å². The highest BCUT2D eigenvalue weighted by Crippen LogP contribution is 2.42. The van der Waals surface area contributed by atoms with Crippen LogP contribution in [-0.2, 0) is 16.6 Å². The Labute approximate surface area is 342 Å². The van der Waals surface area contributed by atoms with Gasteiger partial charge in [0, 0.05) is 78.4 Å². The van der Waals surface area contributed by atoms with Gasteiger partial charge in [-0.2, -0.15) is 5.26 Å². The number of carbonyl (C=O) groups is 1. The number of aryl methyl sites for hydroxylation is 1. The van der Waals surface area contributed by atoms with Crippen LogP contribution in [0.25, 0.3) is 32.2 Å². The predicted octanol–water partition coefficient (Wildman–Crippen LogP) is 6.51. The lowest BCUT2D eigenvalue weighted by atomic mass is 9.85. The predicted molar refractivity (Wildman–Crippen MR) is 220 cm³/mol. The molecule has 5 heterocycles. The Balaban J connectivity index is 1.05. The maximum absolute atomic E-state index is 14.1. The van der Waals surface area contributed by atoms with Crippen LogP contribution in [0.15, 0.2) is 46.8 Å². The minimum atomic E-state index is -3.81. The molecule has 1 amide bonds. The molecular weight excluding hydrogens is 806 g/mol. The van der Waals surface area contributed by atoms with E-state index in [0.717, 1.165) is 19.3 Å². The van der Waals surface area contributed by atoms with Crippen LogP contribution in [0.1, 0.15) is 72.3 Å². The second-order valence-electron chi connectivity index (χ2n) is 15.4. The molecule has 4 aromatic heterocycles. The number of nitrogens with zero attached hydrogens (tertiary/aromatic N) is 7. The zero-order chi connectivity index (χ0) is 40.9. The van der Waals surface area contributed by atoms with E-state index in [9.17, 15) is 32.0 Å². The number of likely N-dealkylation sites (tertiary alicyclic amines) is 1. The summed E-state index contributed by atoms with van der Waals surface area (Å²) in [6.45, 7) is 2.97. The van der Waals surface area contributed by atoms with Gasteiger partial charge in [-0.05, 0) is 62.8 Å². The van der Waals surface area contributed by atoms with Crippen LogP contribution in [0.4, 0.5) is 14.6 Å². The molecule has 0 unspecified atom stereocenters. The fourth-order valence-electron chi connectivity index (χ4n) is 8.14. The van der Waals surface area contributed by atoms with Gasteiger partial charge >= 0.3 is 0 Å². The van der Waals surface area contributed by atoms with Crippen LogP contribution in [0, 0.1) is 36.0 Å². The zero-order valence-electron chi connectivity index (χ0n) is 31.8. The average molecular weight is 845 g/mol. The second-order valence-corrected chi connectivity index (χ2v) is 18.4. The SMILES string of the molecule is Cc1nc2cnc(N(C)C3CCN(C4CC(F)(F)C4)CC3)c(C#N)c2c(=O)n1CC#Cc1ccc(Cl)cc1-c1ccnc2c(C(=O)NS(=O)(=O)CC3CCC3)csc12. The molecule has 8 rings (SSSR count). The quantitative estimate of drug-likeness (QED) is 0.163. The highest BCUT2D eigenvalue weighted by molar-refractivity contribution is 7.90. The maximum atomic E-state index is 14.1. The van der Waals surface area contributed by atoms with Gasteiger partial charge < -0.3 is 4.90 Å². The number of carbonyl (C=O) groups excluding carboxylic acids is 1. The number of amides is 1. The number of nitriles is 1. The van der Waals surface area contributed by atoms with Crippen molar-refractivity contribution in [1.82, 2.24) is 29.1 Å². The average Bonchev–Trinajstić information content (AvgIpc) is 3.61. The molecule has 300 valence electrons. The van der Waals surface area contributed by atoms with Gasteiger partial charge in [-0.15, -0.1) is 11.3 Å². The number of pyridine rings is 2. The van der Waals surface area contributed by atoms with E-state index >= 15 is 0 Å². The van der Waals surface area contributed by atoms with Gasteiger partial charge in [0.2, 0.25) is 10.0 Å². The highest BCUT2D eigenvalue weighted by Gasteiger charge is 2.48. The Hall–Kier alpha value is -5.00. The summed E-state index contributed by atoms with van der Waals surface area (Å²) < 4.78 is 56.7. The molecular formula is C41H39ClF2N8O4S2. The van der Waals surface area contributed by atoms with Gasteiger partial charge in [0.05, 0.1) is 45.2 Å². The number of aromatic nitrogens is 4. The fraction of sp³-hybridized carbons (Fsp3) is 0.415. The molecule has 0 atom stereocenters. The van der Waals surface area contributed by atoms with Crippen molar-refractivity contribution in [2.45, 2.75) is 76.4 Å². The van der Waals surface area contributed by atoms with Crippen molar-refractivity contribution >= 4 is 65.8 Å². The van der Waals surface area contributed by atoms with Crippen molar-refractivity contribution < 1.29 is 22.0 Å². The van der Waals surface area contributed by atoms with Gasteiger partial charge in [-0.1, -0.05) is 29.9 Å². The minimum absolute atomic E-state index is 0.00580. The standard InChI is InChI=1S/C41H39ClF2N8O4S2/c1-24-48-34-21-47-38(50(2)28-11-15-51(16-12-28)29-18-41(43,44)19-29)32(20-45)35(34)40(54)52(24)14-4-7-26-8-9-27(42)17-31(26)30-10-13-46-36-33(22-57-37(30)36)39(53)49-58(55,56)23-25-5-3-6-25/h8-10,13,17,21-22,25,28-29H,3,5-6,11-12,14-16,18-19,23H2,1-2H3,(H,49,53). The number of sulfonamides is 1. The van der Waals surface area contributed by atoms with Crippen LogP contribution < -0.4 is 15.2 Å². The first-order chi connectivity index (χ1) is 27.7. The number of alkyl halides is 2. The first-order valence-electron chi connectivity index (χ1n) is 19.1. The Kier molecular flexibility index (Phi) is 10.7. The molecule has 2 aliphatic carbocycles. The molecule has 0 radical (unpaired) electrons. The first-order valence-corrected chi connectivity index (χ1v) is 22.0. The topological polar surface area (TPSA) is 154 Å². The van der Waals surface area contributed by atoms with Crippen LogP contribution in [0.3, 0.4) is 0 Å². The molecule has 17 heteroatoms. The summed E-state index contributed by atoms with van der Waals surface area (Å²) in [5.74, 6) is 3.68. The molecule has 1 N–H and O–H groups in total. The number of thiophene rings is 1.